The Kier molecular flexibility index (Phi) is 4.22. The molecule has 0 saturated carbocycles. The summed E-state index contributed by atoms with van der Waals surface area (Å²) in [5.74, 6) is -1.52. The van der Waals surface area contributed by atoms with Crippen LogP contribution in [-0.4, -0.2) is 29.2 Å². The van der Waals surface area contributed by atoms with E-state index >= 15 is 0 Å². The highest BCUT2D eigenvalue weighted by atomic mass is 35.5. The SMILES string of the molecule is Cc1ccc(NC(=O)CN2C(=O)[C@@H]3CC=CC[C@H]3C2=O)cc1Cl. The number of allylic oxidation sites excluding steroid dienone is 2. The highest BCUT2D eigenvalue weighted by Gasteiger charge is 2.47. The quantitative estimate of drug-likeness (QED) is 0.683. The van der Waals surface area contributed by atoms with Gasteiger partial charge in [0.25, 0.3) is 0 Å². The number of rotatable bonds is 3. The molecule has 1 aliphatic carbocycles. The standard InChI is InChI=1S/C17H17ClN2O3/c1-10-6-7-11(8-14(10)18)19-15(21)9-20-16(22)12-4-2-3-5-13(12)17(20)23/h2-3,6-8,12-13H,4-5,9H2,1H3,(H,19,21)/t12-,13-/m1/s1. The van der Waals surface area contributed by atoms with E-state index in [2.05, 4.69) is 5.32 Å². The van der Waals surface area contributed by atoms with Crippen LogP contribution in [0.25, 0.3) is 0 Å². The summed E-state index contributed by atoms with van der Waals surface area (Å²) in [5.41, 5.74) is 1.45. The third-order valence-corrected chi connectivity index (χ3v) is 4.76. The highest BCUT2D eigenvalue weighted by Crippen LogP contribution is 2.34. The van der Waals surface area contributed by atoms with E-state index in [4.69, 9.17) is 11.6 Å². The van der Waals surface area contributed by atoms with E-state index in [-0.39, 0.29) is 30.2 Å². The lowest BCUT2D eigenvalue weighted by Gasteiger charge is -2.14. The van der Waals surface area contributed by atoms with Crippen LogP contribution in [0, 0.1) is 18.8 Å². The molecule has 0 bridgehead atoms. The predicted molar refractivity (Wildman–Crippen MR) is 86.9 cm³/mol. The van der Waals surface area contributed by atoms with Crippen molar-refractivity contribution in [3.8, 4) is 0 Å². The molecule has 1 fully saturated rings. The Morgan fingerprint density at radius 2 is 1.83 bits per heavy atom. The summed E-state index contributed by atoms with van der Waals surface area (Å²) in [4.78, 5) is 37.8. The van der Waals surface area contributed by atoms with Crippen LogP contribution in [0.1, 0.15) is 18.4 Å². The van der Waals surface area contributed by atoms with Crippen molar-refractivity contribution in [2.24, 2.45) is 11.8 Å². The number of amides is 3. The van der Waals surface area contributed by atoms with Crippen LogP contribution in [0.5, 0.6) is 0 Å². The van der Waals surface area contributed by atoms with Crippen LogP contribution >= 0.6 is 11.6 Å². The van der Waals surface area contributed by atoms with Gasteiger partial charge in [-0.1, -0.05) is 29.8 Å². The number of anilines is 1. The van der Waals surface area contributed by atoms with E-state index in [0.29, 0.717) is 23.6 Å². The number of fused-ring (bicyclic) bond motifs is 1. The Labute approximate surface area is 139 Å². The number of carbonyl (C=O) groups excluding carboxylic acids is 3. The first-order valence-electron chi connectivity index (χ1n) is 7.53. The number of benzene rings is 1. The van der Waals surface area contributed by atoms with Gasteiger partial charge in [0.2, 0.25) is 17.7 Å². The number of likely N-dealkylation sites (tertiary alicyclic amines) is 1. The van der Waals surface area contributed by atoms with Gasteiger partial charge < -0.3 is 5.32 Å². The summed E-state index contributed by atoms with van der Waals surface area (Å²) >= 11 is 6.02. The smallest absolute Gasteiger partial charge is 0.244 e. The van der Waals surface area contributed by atoms with Gasteiger partial charge in [-0.2, -0.15) is 0 Å². The third-order valence-electron chi connectivity index (χ3n) is 4.36. The average Bonchev–Trinajstić information content (AvgIpc) is 2.76. The molecule has 2 atom stereocenters. The molecular formula is C17H17ClN2O3. The Hall–Kier alpha value is -2.14. The maximum atomic E-state index is 12.3. The zero-order chi connectivity index (χ0) is 16.6. The first-order valence-corrected chi connectivity index (χ1v) is 7.91. The van der Waals surface area contributed by atoms with Crippen molar-refractivity contribution in [1.82, 2.24) is 4.90 Å². The van der Waals surface area contributed by atoms with E-state index in [0.717, 1.165) is 10.5 Å². The number of hydrogen-bond acceptors (Lipinski definition) is 3. The molecule has 0 radical (unpaired) electrons. The number of nitrogens with one attached hydrogen (secondary N) is 1. The van der Waals surface area contributed by atoms with Crippen molar-refractivity contribution in [2.45, 2.75) is 19.8 Å². The molecule has 2 aliphatic rings. The van der Waals surface area contributed by atoms with E-state index < -0.39 is 5.91 Å². The molecule has 1 heterocycles. The molecule has 1 N–H and O–H groups in total. The van der Waals surface area contributed by atoms with Crippen molar-refractivity contribution in [1.29, 1.82) is 0 Å². The average molecular weight is 333 g/mol. The predicted octanol–water partition coefficient (Wildman–Crippen LogP) is 2.54. The fourth-order valence-electron chi connectivity index (χ4n) is 3.04. The topological polar surface area (TPSA) is 66.5 Å². The zero-order valence-electron chi connectivity index (χ0n) is 12.7. The van der Waals surface area contributed by atoms with E-state index in [1.54, 1.807) is 18.2 Å². The molecule has 3 amide bonds. The van der Waals surface area contributed by atoms with Gasteiger partial charge in [0.05, 0.1) is 11.8 Å². The van der Waals surface area contributed by atoms with Crippen LogP contribution in [0.2, 0.25) is 5.02 Å². The number of nitrogens with zero attached hydrogens (tertiary/aromatic N) is 1. The molecule has 1 saturated heterocycles. The Bertz CT molecular complexity index is 688. The van der Waals surface area contributed by atoms with Crippen LogP contribution in [0.15, 0.2) is 30.4 Å². The molecule has 1 aromatic rings. The number of aryl methyl sites for hydroxylation is 1. The number of carbonyl (C=O) groups is 3. The number of imide groups is 1. The fraction of sp³-hybridized carbons (Fsp3) is 0.353. The Morgan fingerprint density at radius 3 is 2.39 bits per heavy atom. The summed E-state index contributed by atoms with van der Waals surface area (Å²) in [6, 6.07) is 5.17. The molecule has 1 aromatic carbocycles. The zero-order valence-corrected chi connectivity index (χ0v) is 13.5. The minimum atomic E-state index is -0.404. The van der Waals surface area contributed by atoms with Gasteiger partial charge in [-0.25, -0.2) is 0 Å². The van der Waals surface area contributed by atoms with Crippen LogP contribution in [0.4, 0.5) is 5.69 Å². The minimum absolute atomic E-state index is 0.249. The summed E-state index contributed by atoms with van der Waals surface area (Å²) < 4.78 is 0. The summed E-state index contributed by atoms with van der Waals surface area (Å²) in [5, 5.41) is 3.22. The van der Waals surface area contributed by atoms with Gasteiger partial charge in [-0.05, 0) is 37.5 Å². The number of hydrogen-bond donors (Lipinski definition) is 1. The van der Waals surface area contributed by atoms with Crippen LogP contribution < -0.4 is 5.32 Å². The second-order valence-corrected chi connectivity index (χ2v) is 6.34. The molecular weight excluding hydrogens is 316 g/mol. The van der Waals surface area contributed by atoms with Crippen LogP contribution in [-0.2, 0) is 14.4 Å². The van der Waals surface area contributed by atoms with Gasteiger partial charge in [-0.3, -0.25) is 19.3 Å². The molecule has 120 valence electrons. The van der Waals surface area contributed by atoms with Gasteiger partial charge in [0.15, 0.2) is 0 Å². The minimum Gasteiger partial charge on any atom is -0.324 e. The van der Waals surface area contributed by atoms with Gasteiger partial charge in [0.1, 0.15) is 6.54 Å². The normalized spacial score (nSPS) is 23.1. The molecule has 23 heavy (non-hydrogen) atoms. The first-order chi connectivity index (χ1) is 11.0. The van der Waals surface area contributed by atoms with Crippen molar-refractivity contribution < 1.29 is 14.4 Å². The number of halogens is 1. The highest BCUT2D eigenvalue weighted by molar-refractivity contribution is 6.31. The monoisotopic (exact) mass is 332 g/mol. The third kappa shape index (κ3) is 3.01. The summed E-state index contributed by atoms with van der Waals surface area (Å²) in [6.45, 7) is 1.61. The maximum absolute atomic E-state index is 12.3. The molecule has 5 nitrogen and oxygen atoms in total. The second kappa shape index (κ2) is 6.16. The molecule has 0 spiro atoms. The Balaban J connectivity index is 1.67. The second-order valence-electron chi connectivity index (χ2n) is 5.93. The summed E-state index contributed by atoms with van der Waals surface area (Å²) in [7, 11) is 0. The van der Waals surface area contributed by atoms with Crippen molar-refractivity contribution >= 4 is 35.0 Å². The molecule has 0 unspecified atom stereocenters. The van der Waals surface area contributed by atoms with E-state index in [1.165, 1.54) is 0 Å². The molecule has 0 aromatic heterocycles. The maximum Gasteiger partial charge on any atom is 0.244 e. The lowest BCUT2D eigenvalue weighted by molar-refractivity contribution is -0.142. The largest absolute Gasteiger partial charge is 0.324 e. The lowest BCUT2D eigenvalue weighted by atomic mass is 9.85. The van der Waals surface area contributed by atoms with Crippen LogP contribution in [0.3, 0.4) is 0 Å². The van der Waals surface area contributed by atoms with Crippen molar-refractivity contribution in [3.63, 3.8) is 0 Å². The molecule has 6 heteroatoms. The summed E-state index contributed by atoms with van der Waals surface area (Å²) in [6.07, 6.45) is 4.98. The Morgan fingerprint density at radius 1 is 1.22 bits per heavy atom. The fourth-order valence-corrected chi connectivity index (χ4v) is 3.22. The van der Waals surface area contributed by atoms with Gasteiger partial charge >= 0.3 is 0 Å². The molecule has 1 aliphatic heterocycles. The van der Waals surface area contributed by atoms with E-state index in [1.807, 2.05) is 19.1 Å². The van der Waals surface area contributed by atoms with E-state index in [9.17, 15) is 14.4 Å². The van der Waals surface area contributed by atoms with Crippen molar-refractivity contribution in [2.75, 3.05) is 11.9 Å². The first kappa shape index (κ1) is 15.7. The van der Waals surface area contributed by atoms with Crippen molar-refractivity contribution in [3.05, 3.63) is 40.9 Å². The van der Waals surface area contributed by atoms with Gasteiger partial charge in [-0.15, -0.1) is 0 Å². The lowest BCUT2D eigenvalue weighted by Crippen LogP contribution is -2.38. The van der Waals surface area contributed by atoms with Gasteiger partial charge in [0, 0.05) is 10.7 Å². The molecule has 3 rings (SSSR count).